The molecule has 0 aromatic heterocycles. The quantitative estimate of drug-likeness (QED) is 0.555. The Kier molecular flexibility index (Phi) is 10.8. The lowest BCUT2D eigenvalue weighted by Gasteiger charge is -2.28. The Labute approximate surface area is 120 Å². The molecule has 1 unspecified atom stereocenters. The number of aliphatic hydroxyl groups excluding tert-OH is 1. The third kappa shape index (κ3) is 10.8. The molecule has 112 valence electrons. The topological polar surface area (TPSA) is 37.3 Å². The van der Waals surface area contributed by atoms with Crippen molar-refractivity contribution in [2.45, 2.75) is 79.8 Å². The van der Waals surface area contributed by atoms with Crippen LogP contribution in [0.25, 0.3) is 0 Å². The van der Waals surface area contributed by atoms with E-state index < -0.39 is 0 Å². The van der Waals surface area contributed by atoms with E-state index in [-0.39, 0.29) is 16.9 Å². The maximum absolute atomic E-state index is 10.2. The van der Waals surface area contributed by atoms with Gasteiger partial charge in [0.25, 0.3) is 0 Å². The summed E-state index contributed by atoms with van der Waals surface area (Å²) in [6, 6.07) is 0. The van der Waals surface area contributed by atoms with Crippen LogP contribution in [0.4, 0.5) is 0 Å². The van der Waals surface area contributed by atoms with E-state index in [0.717, 1.165) is 32.0 Å². The highest BCUT2D eigenvalue weighted by atomic mass is 16.3. The first-order valence-corrected chi connectivity index (χ1v) is 7.24. The van der Waals surface area contributed by atoms with Crippen LogP contribution in [0.15, 0.2) is 0 Å². The number of aliphatic hydroxyl groups is 1. The lowest BCUT2D eigenvalue weighted by molar-refractivity contribution is -0.115. The molecule has 0 spiro atoms. The van der Waals surface area contributed by atoms with Crippen LogP contribution in [-0.4, -0.2) is 17.5 Å². The van der Waals surface area contributed by atoms with Gasteiger partial charge in [0.05, 0.1) is 6.10 Å². The molecule has 0 heterocycles. The van der Waals surface area contributed by atoms with E-state index in [0.29, 0.717) is 6.42 Å². The number of hydrogen-bond donors (Lipinski definition) is 1. The Hall–Kier alpha value is -0.810. The SMILES string of the molecule is C#CCC(O)C(C)(C)CCC.CCCC(C)(C)C=O. The van der Waals surface area contributed by atoms with Gasteiger partial charge < -0.3 is 9.90 Å². The van der Waals surface area contributed by atoms with Crippen molar-refractivity contribution in [1.29, 1.82) is 0 Å². The van der Waals surface area contributed by atoms with Gasteiger partial charge in [-0.2, -0.15) is 0 Å². The monoisotopic (exact) mass is 268 g/mol. The van der Waals surface area contributed by atoms with E-state index in [2.05, 4.69) is 33.6 Å². The zero-order valence-electron chi connectivity index (χ0n) is 13.6. The molecule has 0 aliphatic heterocycles. The summed E-state index contributed by atoms with van der Waals surface area (Å²) in [5.41, 5.74) is -0.115. The Morgan fingerprint density at radius 1 is 1.16 bits per heavy atom. The highest BCUT2D eigenvalue weighted by Crippen LogP contribution is 2.28. The highest BCUT2D eigenvalue weighted by Gasteiger charge is 2.25. The largest absolute Gasteiger partial charge is 0.392 e. The molecule has 0 aliphatic rings. The van der Waals surface area contributed by atoms with Crippen molar-refractivity contribution < 1.29 is 9.90 Å². The summed E-state index contributed by atoms with van der Waals surface area (Å²) in [6.45, 7) is 12.2. The zero-order valence-corrected chi connectivity index (χ0v) is 13.6. The lowest BCUT2D eigenvalue weighted by atomic mass is 9.81. The number of carbonyl (C=O) groups is 1. The molecule has 19 heavy (non-hydrogen) atoms. The van der Waals surface area contributed by atoms with Gasteiger partial charge in [-0.1, -0.05) is 54.4 Å². The summed E-state index contributed by atoms with van der Waals surface area (Å²) in [5, 5.41) is 9.57. The molecule has 1 atom stereocenters. The molecule has 0 aliphatic carbocycles. The summed E-state index contributed by atoms with van der Waals surface area (Å²) >= 11 is 0. The number of rotatable bonds is 7. The Balaban J connectivity index is 0. The van der Waals surface area contributed by atoms with E-state index >= 15 is 0 Å². The standard InChI is InChI=1S/C10H18O.C7H14O/c1-5-7-9(11)10(3,4)8-6-2;1-4-5-7(2,3)6-8/h1,9,11H,6-8H2,2-4H3;6H,4-5H2,1-3H3. The van der Waals surface area contributed by atoms with Gasteiger partial charge in [-0.25, -0.2) is 0 Å². The van der Waals surface area contributed by atoms with Crippen LogP contribution in [0.1, 0.15) is 73.6 Å². The van der Waals surface area contributed by atoms with Gasteiger partial charge in [0, 0.05) is 11.8 Å². The molecular formula is C17H32O2. The molecule has 1 N–H and O–H groups in total. The molecule has 2 heteroatoms. The zero-order chi connectivity index (χ0) is 15.5. The van der Waals surface area contributed by atoms with Crippen LogP contribution in [0, 0.1) is 23.2 Å². The fourth-order valence-corrected chi connectivity index (χ4v) is 1.90. The van der Waals surface area contributed by atoms with Crippen LogP contribution in [0.2, 0.25) is 0 Å². The van der Waals surface area contributed by atoms with Crippen molar-refractivity contribution in [3.05, 3.63) is 0 Å². The number of aldehydes is 1. The Morgan fingerprint density at radius 2 is 1.63 bits per heavy atom. The highest BCUT2D eigenvalue weighted by molar-refractivity contribution is 5.57. The fraction of sp³-hybridized carbons (Fsp3) is 0.824. The van der Waals surface area contributed by atoms with Crippen molar-refractivity contribution >= 4 is 6.29 Å². The molecule has 0 radical (unpaired) electrons. The molecule has 2 nitrogen and oxygen atoms in total. The smallest absolute Gasteiger partial charge is 0.125 e. The second-order valence-electron chi connectivity index (χ2n) is 6.52. The minimum absolute atomic E-state index is 0.0267. The molecule has 0 aromatic carbocycles. The normalized spacial score (nSPS) is 12.9. The predicted molar refractivity (Wildman–Crippen MR) is 82.9 cm³/mol. The molecule has 0 fully saturated rings. The van der Waals surface area contributed by atoms with E-state index in [1.54, 1.807) is 0 Å². The Morgan fingerprint density at radius 3 is 1.89 bits per heavy atom. The number of hydrogen-bond acceptors (Lipinski definition) is 2. The van der Waals surface area contributed by atoms with Gasteiger partial charge in [-0.3, -0.25) is 0 Å². The molecular weight excluding hydrogens is 236 g/mol. The third-order valence-electron chi connectivity index (χ3n) is 3.32. The summed E-state index contributed by atoms with van der Waals surface area (Å²) in [5.74, 6) is 2.48. The van der Waals surface area contributed by atoms with E-state index in [1.165, 1.54) is 0 Å². The lowest BCUT2D eigenvalue weighted by Crippen LogP contribution is -2.28. The van der Waals surface area contributed by atoms with E-state index in [4.69, 9.17) is 6.42 Å². The van der Waals surface area contributed by atoms with Crippen LogP contribution >= 0.6 is 0 Å². The third-order valence-corrected chi connectivity index (χ3v) is 3.32. The second-order valence-corrected chi connectivity index (χ2v) is 6.52. The summed E-state index contributed by atoms with van der Waals surface area (Å²) in [7, 11) is 0. The predicted octanol–water partition coefficient (Wildman–Crippen LogP) is 4.21. The average Bonchev–Trinajstić information content (AvgIpc) is 2.30. The van der Waals surface area contributed by atoms with Crippen LogP contribution in [-0.2, 0) is 4.79 Å². The summed E-state index contributed by atoms with van der Waals surface area (Å²) in [4.78, 5) is 10.2. The van der Waals surface area contributed by atoms with Crippen LogP contribution in [0.3, 0.4) is 0 Å². The maximum atomic E-state index is 10.2. The van der Waals surface area contributed by atoms with Gasteiger partial charge in [0.2, 0.25) is 0 Å². The van der Waals surface area contributed by atoms with Crippen molar-refractivity contribution in [2.24, 2.45) is 10.8 Å². The molecule has 0 aromatic rings. The minimum atomic E-state index is -0.354. The second kappa shape index (κ2) is 10.0. The first-order chi connectivity index (χ1) is 8.66. The fourth-order valence-electron chi connectivity index (χ4n) is 1.90. The van der Waals surface area contributed by atoms with Gasteiger partial charge in [0.1, 0.15) is 6.29 Å². The van der Waals surface area contributed by atoms with Crippen LogP contribution in [0.5, 0.6) is 0 Å². The van der Waals surface area contributed by atoms with E-state index in [1.807, 2.05) is 13.8 Å². The Bertz CT molecular complexity index is 271. The first-order valence-electron chi connectivity index (χ1n) is 7.24. The van der Waals surface area contributed by atoms with Gasteiger partial charge in [0.15, 0.2) is 0 Å². The molecule has 0 saturated carbocycles. The first kappa shape index (κ1) is 20.5. The number of carbonyl (C=O) groups excluding carboxylic acids is 1. The maximum Gasteiger partial charge on any atom is 0.125 e. The van der Waals surface area contributed by atoms with Crippen molar-refractivity contribution in [1.82, 2.24) is 0 Å². The summed E-state index contributed by atoms with van der Waals surface area (Å²) in [6.07, 6.45) is 10.4. The molecule has 0 bridgehead atoms. The van der Waals surface area contributed by atoms with Gasteiger partial charge >= 0.3 is 0 Å². The van der Waals surface area contributed by atoms with Crippen LogP contribution < -0.4 is 0 Å². The number of terminal acetylenes is 1. The molecule has 0 saturated heterocycles. The van der Waals surface area contributed by atoms with Gasteiger partial charge in [-0.15, -0.1) is 12.3 Å². The molecule has 0 amide bonds. The summed E-state index contributed by atoms with van der Waals surface area (Å²) < 4.78 is 0. The minimum Gasteiger partial charge on any atom is -0.392 e. The molecule has 0 rings (SSSR count). The average molecular weight is 268 g/mol. The van der Waals surface area contributed by atoms with Gasteiger partial charge in [-0.05, 0) is 18.3 Å². The van der Waals surface area contributed by atoms with Crippen molar-refractivity contribution in [3.63, 3.8) is 0 Å². The van der Waals surface area contributed by atoms with E-state index in [9.17, 15) is 9.90 Å². The van der Waals surface area contributed by atoms with Crippen molar-refractivity contribution in [3.8, 4) is 12.3 Å². The van der Waals surface area contributed by atoms with Crippen molar-refractivity contribution in [2.75, 3.05) is 0 Å².